The lowest BCUT2D eigenvalue weighted by molar-refractivity contribution is 0.0936. The largest absolute Gasteiger partial charge is 0.294 e. The molecule has 0 amide bonds. The van der Waals surface area contributed by atoms with Crippen LogP contribution in [0.2, 0.25) is 0 Å². The Bertz CT molecular complexity index is 1430. The number of carbonyl (C=O) groups is 1. The van der Waals surface area contributed by atoms with Gasteiger partial charge >= 0.3 is 0 Å². The van der Waals surface area contributed by atoms with Crippen LogP contribution in [-0.2, 0) is 15.3 Å². The highest BCUT2D eigenvalue weighted by atomic mass is 32.2. The van der Waals surface area contributed by atoms with Gasteiger partial charge in [-0.05, 0) is 44.4 Å². The van der Waals surface area contributed by atoms with Crippen molar-refractivity contribution >= 4 is 26.7 Å². The number of carbonyl (C=O) groups excluding carboxylic acids is 1. The maximum Gasteiger partial charge on any atom is 0.165 e. The fourth-order valence-electron chi connectivity index (χ4n) is 4.93. The molecule has 1 saturated heterocycles. The first-order chi connectivity index (χ1) is 15.5. The Balaban J connectivity index is 1.53. The molecular weight excluding hydrogens is 436 g/mol. The van der Waals surface area contributed by atoms with Crippen LogP contribution in [0.15, 0.2) is 36.5 Å². The minimum Gasteiger partial charge on any atom is -0.294 e. The molecule has 2 aliphatic rings. The SMILES string of the molecule is CC(C)n1nc(-c2cccc(C3(C#N)CC3)c2)c2ncc(C(=O)CC3(C)CS(=O)(=O)C3)cc21. The summed E-state index contributed by atoms with van der Waals surface area (Å²) in [6, 6.07) is 12.3. The zero-order valence-electron chi connectivity index (χ0n) is 19.0. The lowest BCUT2D eigenvalue weighted by Gasteiger charge is -2.37. The third-order valence-corrected chi connectivity index (χ3v) is 9.01. The van der Waals surface area contributed by atoms with Crippen molar-refractivity contribution < 1.29 is 13.2 Å². The standard InChI is InChI=1S/C25H26N4O3S/c1-16(2)29-20-10-18(21(30)11-24(3)14-33(31,32)15-24)12-27-23(20)22(28-29)17-5-4-6-19(9-17)25(13-26)7-8-25/h4-6,9-10,12,16H,7-8,11,14-15H2,1-3H3. The van der Waals surface area contributed by atoms with Crippen LogP contribution < -0.4 is 0 Å². The van der Waals surface area contributed by atoms with Gasteiger partial charge in [-0.3, -0.25) is 14.5 Å². The Morgan fingerprint density at radius 2 is 1.97 bits per heavy atom. The molecule has 7 nitrogen and oxygen atoms in total. The fourth-order valence-corrected chi connectivity index (χ4v) is 7.17. The Kier molecular flexibility index (Phi) is 4.77. The van der Waals surface area contributed by atoms with Gasteiger partial charge in [-0.25, -0.2) is 8.42 Å². The number of rotatable bonds is 6. The van der Waals surface area contributed by atoms with E-state index in [2.05, 4.69) is 11.1 Å². The summed E-state index contributed by atoms with van der Waals surface area (Å²) in [6.07, 6.45) is 3.50. The van der Waals surface area contributed by atoms with Crippen molar-refractivity contribution in [3.63, 3.8) is 0 Å². The number of nitrogens with zero attached hydrogens (tertiary/aromatic N) is 4. The molecule has 33 heavy (non-hydrogen) atoms. The Morgan fingerprint density at radius 1 is 1.24 bits per heavy atom. The van der Waals surface area contributed by atoms with E-state index >= 15 is 0 Å². The van der Waals surface area contributed by atoms with E-state index in [0.29, 0.717) is 11.1 Å². The molecule has 8 heteroatoms. The second-order valence-corrected chi connectivity index (χ2v) is 12.3. The van der Waals surface area contributed by atoms with Crippen molar-refractivity contribution in [2.75, 3.05) is 11.5 Å². The minimum absolute atomic E-state index is 0.0516. The van der Waals surface area contributed by atoms with Gasteiger partial charge in [-0.2, -0.15) is 10.4 Å². The summed E-state index contributed by atoms with van der Waals surface area (Å²) < 4.78 is 25.1. The summed E-state index contributed by atoms with van der Waals surface area (Å²) in [5, 5.41) is 14.4. The van der Waals surface area contributed by atoms with E-state index in [1.807, 2.05) is 55.8 Å². The van der Waals surface area contributed by atoms with E-state index < -0.39 is 15.3 Å². The van der Waals surface area contributed by atoms with Crippen molar-refractivity contribution in [1.82, 2.24) is 14.8 Å². The van der Waals surface area contributed by atoms with Gasteiger partial charge in [0.1, 0.15) is 11.2 Å². The molecule has 1 aliphatic heterocycles. The topological polar surface area (TPSA) is 106 Å². The Labute approximate surface area is 193 Å². The molecule has 2 aromatic heterocycles. The van der Waals surface area contributed by atoms with Crippen molar-refractivity contribution in [3.8, 4) is 17.3 Å². The molecule has 1 saturated carbocycles. The van der Waals surface area contributed by atoms with Crippen LogP contribution in [0.25, 0.3) is 22.3 Å². The average molecular weight is 463 g/mol. The summed E-state index contributed by atoms with van der Waals surface area (Å²) in [6.45, 7) is 5.89. The molecule has 0 N–H and O–H groups in total. The number of aromatic nitrogens is 3. The Hall–Kier alpha value is -3.05. The van der Waals surface area contributed by atoms with Gasteiger partial charge in [0.15, 0.2) is 15.6 Å². The number of fused-ring (bicyclic) bond motifs is 1. The predicted molar refractivity (Wildman–Crippen MR) is 126 cm³/mol. The van der Waals surface area contributed by atoms with Crippen LogP contribution in [0.5, 0.6) is 0 Å². The highest BCUT2D eigenvalue weighted by Gasteiger charge is 2.46. The molecule has 0 atom stereocenters. The van der Waals surface area contributed by atoms with E-state index in [1.165, 1.54) is 0 Å². The molecule has 2 fully saturated rings. The van der Waals surface area contributed by atoms with Crippen LogP contribution in [0, 0.1) is 16.7 Å². The van der Waals surface area contributed by atoms with E-state index in [4.69, 9.17) is 5.10 Å². The first-order valence-electron chi connectivity index (χ1n) is 11.2. The van der Waals surface area contributed by atoms with E-state index in [0.717, 1.165) is 35.2 Å². The molecule has 0 radical (unpaired) electrons. The van der Waals surface area contributed by atoms with Crippen molar-refractivity contribution in [2.45, 2.75) is 51.5 Å². The molecule has 3 heterocycles. The average Bonchev–Trinajstić information content (AvgIpc) is 3.45. The van der Waals surface area contributed by atoms with Crippen LogP contribution >= 0.6 is 0 Å². The van der Waals surface area contributed by atoms with Crippen molar-refractivity contribution in [2.24, 2.45) is 5.41 Å². The zero-order valence-corrected chi connectivity index (χ0v) is 19.8. The maximum absolute atomic E-state index is 13.0. The van der Waals surface area contributed by atoms with Gasteiger partial charge in [0, 0.05) is 35.2 Å². The van der Waals surface area contributed by atoms with E-state index in [-0.39, 0.29) is 35.2 Å². The number of ketones is 1. The number of hydrogen-bond acceptors (Lipinski definition) is 6. The van der Waals surface area contributed by atoms with Gasteiger partial charge in [0.2, 0.25) is 0 Å². The van der Waals surface area contributed by atoms with Crippen molar-refractivity contribution in [3.05, 3.63) is 47.7 Å². The van der Waals surface area contributed by atoms with Gasteiger partial charge in [-0.1, -0.05) is 25.1 Å². The molecular formula is C25H26N4O3S. The van der Waals surface area contributed by atoms with E-state index in [9.17, 15) is 18.5 Å². The lowest BCUT2D eigenvalue weighted by atomic mass is 9.86. The van der Waals surface area contributed by atoms with Gasteiger partial charge in [0.25, 0.3) is 0 Å². The second-order valence-electron chi connectivity index (χ2n) is 10.2. The molecule has 5 rings (SSSR count). The molecule has 1 aromatic carbocycles. The second kappa shape index (κ2) is 7.22. The monoisotopic (exact) mass is 462 g/mol. The number of pyridine rings is 1. The summed E-state index contributed by atoms with van der Waals surface area (Å²) in [5.41, 5.74) is 3.68. The first-order valence-corrected chi connectivity index (χ1v) is 13.0. The van der Waals surface area contributed by atoms with Crippen LogP contribution in [0.1, 0.15) is 62.0 Å². The van der Waals surface area contributed by atoms with Crippen molar-refractivity contribution in [1.29, 1.82) is 5.26 Å². The number of hydrogen-bond donors (Lipinski definition) is 0. The first kappa shape index (κ1) is 21.8. The fraction of sp³-hybridized carbons (Fsp3) is 0.440. The Morgan fingerprint density at radius 3 is 2.58 bits per heavy atom. The lowest BCUT2D eigenvalue weighted by Crippen LogP contribution is -2.47. The molecule has 0 unspecified atom stereocenters. The van der Waals surface area contributed by atoms with Crippen LogP contribution in [0.3, 0.4) is 0 Å². The number of benzene rings is 1. The molecule has 0 bridgehead atoms. The highest BCUT2D eigenvalue weighted by Crippen LogP contribution is 2.48. The third-order valence-electron chi connectivity index (χ3n) is 6.73. The van der Waals surface area contributed by atoms with Crippen LogP contribution in [0.4, 0.5) is 0 Å². The number of nitriles is 1. The van der Waals surface area contributed by atoms with Gasteiger partial charge in [-0.15, -0.1) is 0 Å². The quantitative estimate of drug-likeness (QED) is 0.507. The molecule has 170 valence electrons. The summed E-state index contributed by atoms with van der Waals surface area (Å²) in [5.74, 6) is -0.00184. The normalized spacial score (nSPS) is 19.7. The smallest absolute Gasteiger partial charge is 0.165 e. The molecule has 3 aromatic rings. The number of sulfone groups is 1. The zero-order chi connectivity index (χ0) is 23.6. The van der Waals surface area contributed by atoms with Crippen LogP contribution in [-0.4, -0.2) is 40.5 Å². The third kappa shape index (κ3) is 3.74. The minimum atomic E-state index is -3.01. The summed E-state index contributed by atoms with van der Waals surface area (Å²) in [7, 11) is -3.01. The number of Topliss-reactive ketones (excluding diaryl/α,β-unsaturated/α-hetero) is 1. The van der Waals surface area contributed by atoms with E-state index in [1.54, 1.807) is 6.20 Å². The van der Waals surface area contributed by atoms with Gasteiger partial charge in [0.05, 0.1) is 28.5 Å². The van der Waals surface area contributed by atoms with Gasteiger partial charge < -0.3 is 0 Å². The summed E-state index contributed by atoms with van der Waals surface area (Å²) >= 11 is 0. The predicted octanol–water partition coefficient (Wildman–Crippen LogP) is 4.24. The molecule has 1 aliphatic carbocycles. The molecule has 0 spiro atoms. The maximum atomic E-state index is 13.0. The highest BCUT2D eigenvalue weighted by molar-refractivity contribution is 7.92. The summed E-state index contributed by atoms with van der Waals surface area (Å²) in [4.78, 5) is 17.6.